The first-order valence-corrected chi connectivity index (χ1v) is 9.28. The summed E-state index contributed by atoms with van der Waals surface area (Å²) >= 11 is 0. The van der Waals surface area contributed by atoms with Crippen molar-refractivity contribution in [3.63, 3.8) is 0 Å². The van der Waals surface area contributed by atoms with Crippen LogP contribution in [0.2, 0.25) is 0 Å². The van der Waals surface area contributed by atoms with Gasteiger partial charge in [0.25, 0.3) is 0 Å². The minimum atomic E-state index is -0.984. The van der Waals surface area contributed by atoms with Crippen molar-refractivity contribution in [1.82, 2.24) is 4.90 Å². The van der Waals surface area contributed by atoms with Crippen LogP contribution in [0.4, 0.5) is 0 Å². The van der Waals surface area contributed by atoms with E-state index in [0.717, 1.165) is 16.0 Å². The highest BCUT2D eigenvalue weighted by molar-refractivity contribution is 5.95. The quantitative estimate of drug-likeness (QED) is 0.813. The molecule has 1 aliphatic heterocycles. The van der Waals surface area contributed by atoms with Gasteiger partial charge in [-0.05, 0) is 39.8 Å². The molecule has 2 atom stereocenters. The predicted molar refractivity (Wildman–Crippen MR) is 108 cm³/mol. The van der Waals surface area contributed by atoms with E-state index in [9.17, 15) is 14.7 Å². The number of ether oxygens (including phenoxy) is 2. The smallest absolute Gasteiger partial charge is 0.305 e. The van der Waals surface area contributed by atoms with Crippen LogP contribution in [0.3, 0.4) is 0 Å². The van der Waals surface area contributed by atoms with Crippen LogP contribution in [0.15, 0.2) is 54.2 Å². The average molecular weight is 391 g/mol. The van der Waals surface area contributed by atoms with Crippen LogP contribution in [0, 0.1) is 5.92 Å². The average Bonchev–Trinajstić information content (AvgIpc) is 3.05. The van der Waals surface area contributed by atoms with Crippen molar-refractivity contribution in [3.8, 4) is 11.5 Å². The Hall–Kier alpha value is -3.54. The number of nitrogens with zero attached hydrogens (tertiary/aromatic N) is 1. The number of fused-ring (bicyclic) bond motifs is 2. The molecule has 0 aromatic heterocycles. The normalized spacial score (nSPS) is 18.0. The first-order chi connectivity index (χ1) is 14.0. The van der Waals surface area contributed by atoms with E-state index in [1.165, 1.54) is 19.1 Å². The Labute approximate surface area is 168 Å². The molecule has 2 aromatic carbocycles. The molecule has 1 N–H and O–H groups in total. The molecule has 2 aromatic rings. The van der Waals surface area contributed by atoms with Crippen LogP contribution in [-0.2, 0) is 9.59 Å². The largest absolute Gasteiger partial charge is 0.493 e. The van der Waals surface area contributed by atoms with Gasteiger partial charge in [-0.2, -0.15) is 0 Å². The summed E-state index contributed by atoms with van der Waals surface area (Å²) in [4.78, 5) is 26.3. The first-order valence-electron chi connectivity index (χ1n) is 9.28. The highest BCUT2D eigenvalue weighted by Crippen LogP contribution is 2.38. The Morgan fingerprint density at radius 3 is 2.52 bits per heavy atom. The van der Waals surface area contributed by atoms with Crippen molar-refractivity contribution in [1.29, 1.82) is 0 Å². The zero-order valence-electron chi connectivity index (χ0n) is 16.2. The minimum absolute atomic E-state index is 0.133. The lowest BCUT2D eigenvalue weighted by Gasteiger charge is -2.27. The monoisotopic (exact) mass is 391 g/mol. The molecule has 1 heterocycles. The third-order valence-corrected chi connectivity index (χ3v) is 5.33. The third kappa shape index (κ3) is 3.38. The maximum atomic E-state index is 13.2. The highest BCUT2D eigenvalue weighted by Gasteiger charge is 2.37. The number of amides is 1. The molecule has 2 aliphatic rings. The molecule has 0 spiro atoms. The molecule has 1 amide bonds. The number of rotatable bonds is 6. The van der Waals surface area contributed by atoms with Crippen molar-refractivity contribution in [2.24, 2.45) is 5.92 Å². The molecular formula is C23H21NO5. The zero-order chi connectivity index (χ0) is 20.5. The van der Waals surface area contributed by atoms with Crippen LogP contribution in [0.25, 0.3) is 12.2 Å². The summed E-state index contributed by atoms with van der Waals surface area (Å²) in [7, 11) is 3.06. The molecule has 2 unspecified atom stereocenters. The van der Waals surface area contributed by atoms with Gasteiger partial charge in [0.2, 0.25) is 5.91 Å². The number of benzene rings is 2. The molecule has 0 fully saturated rings. The first kappa shape index (κ1) is 18.8. The van der Waals surface area contributed by atoms with E-state index >= 15 is 0 Å². The van der Waals surface area contributed by atoms with Crippen LogP contribution < -0.4 is 19.9 Å². The summed E-state index contributed by atoms with van der Waals surface area (Å²) in [6.07, 6.45) is 5.48. The fourth-order valence-electron chi connectivity index (χ4n) is 3.90. The van der Waals surface area contributed by atoms with E-state index in [-0.39, 0.29) is 12.3 Å². The third-order valence-electron chi connectivity index (χ3n) is 5.33. The van der Waals surface area contributed by atoms with Crippen LogP contribution in [0.1, 0.15) is 18.0 Å². The molecule has 1 aliphatic carbocycles. The van der Waals surface area contributed by atoms with Crippen molar-refractivity contribution in [2.75, 3.05) is 14.2 Å². The van der Waals surface area contributed by atoms with Crippen molar-refractivity contribution in [2.45, 2.75) is 12.5 Å². The Kier molecular flexibility index (Phi) is 4.84. The Morgan fingerprint density at radius 1 is 1.10 bits per heavy atom. The summed E-state index contributed by atoms with van der Waals surface area (Å²) < 4.78 is 10.6. The van der Waals surface area contributed by atoms with Crippen molar-refractivity contribution in [3.05, 3.63) is 70.2 Å². The number of hydrogen-bond acceptors (Lipinski definition) is 4. The second-order valence-corrected chi connectivity index (χ2v) is 7.02. The van der Waals surface area contributed by atoms with Gasteiger partial charge in [0, 0.05) is 6.20 Å². The minimum Gasteiger partial charge on any atom is -0.493 e. The van der Waals surface area contributed by atoms with Crippen LogP contribution >= 0.6 is 0 Å². The Bertz CT molecular complexity index is 1130. The maximum Gasteiger partial charge on any atom is 0.305 e. The van der Waals surface area contributed by atoms with Gasteiger partial charge in [-0.15, -0.1) is 0 Å². The van der Waals surface area contributed by atoms with Gasteiger partial charge in [-0.25, -0.2) is 0 Å². The van der Waals surface area contributed by atoms with Crippen molar-refractivity contribution >= 4 is 24.0 Å². The Morgan fingerprint density at radius 2 is 1.83 bits per heavy atom. The second kappa shape index (κ2) is 7.47. The number of methoxy groups -OCH3 is 2. The van der Waals surface area contributed by atoms with E-state index in [0.29, 0.717) is 17.1 Å². The number of carbonyl (C=O) groups excluding carboxylic acids is 1. The molecule has 6 nitrogen and oxygen atoms in total. The van der Waals surface area contributed by atoms with Crippen LogP contribution in [0.5, 0.6) is 11.5 Å². The summed E-state index contributed by atoms with van der Waals surface area (Å²) in [5, 5.41) is 11.5. The van der Waals surface area contributed by atoms with E-state index in [1.54, 1.807) is 24.4 Å². The maximum absolute atomic E-state index is 13.2. The van der Waals surface area contributed by atoms with Gasteiger partial charge in [-0.1, -0.05) is 36.4 Å². The van der Waals surface area contributed by atoms with Gasteiger partial charge in [0.15, 0.2) is 11.5 Å². The summed E-state index contributed by atoms with van der Waals surface area (Å²) in [6, 6.07) is 12.4. The van der Waals surface area contributed by atoms with Crippen molar-refractivity contribution < 1.29 is 24.2 Å². The van der Waals surface area contributed by atoms with Gasteiger partial charge in [0.05, 0.1) is 32.6 Å². The summed E-state index contributed by atoms with van der Waals surface area (Å²) in [5.41, 5.74) is 1.54. The topological polar surface area (TPSA) is 76.1 Å². The fourth-order valence-corrected chi connectivity index (χ4v) is 3.90. The fraction of sp³-hybridized carbons (Fsp3) is 0.217. The predicted octanol–water partition coefficient (Wildman–Crippen LogP) is 1.84. The summed E-state index contributed by atoms with van der Waals surface area (Å²) in [6.45, 7) is 0. The number of aliphatic carboxylic acids is 1. The molecule has 0 saturated heterocycles. The Balaban J connectivity index is 1.76. The van der Waals surface area contributed by atoms with Gasteiger partial charge < -0.3 is 19.5 Å². The molecule has 0 bridgehead atoms. The van der Waals surface area contributed by atoms with Gasteiger partial charge in [-0.3, -0.25) is 9.59 Å². The number of carbonyl (C=O) groups is 2. The number of hydrogen-bond donors (Lipinski definition) is 1. The van der Waals surface area contributed by atoms with Crippen LogP contribution in [-0.4, -0.2) is 36.1 Å². The molecule has 4 rings (SSSR count). The highest BCUT2D eigenvalue weighted by atomic mass is 16.5. The summed E-state index contributed by atoms with van der Waals surface area (Å²) in [5.74, 6) is -0.486. The zero-order valence-corrected chi connectivity index (χ0v) is 16.2. The molecule has 0 saturated carbocycles. The number of carboxylic acids is 1. The SMILES string of the molecule is COc1ccc(C(CC(=O)O)N2C=C3C=c4ccccc4=CC3C2=O)cc1OC. The van der Waals surface area contributed by atoms with Gasteiger partial charge >= 0.3 is 5.97 Å². The van der Waals surface area contributed by atoms with E-state index in [4.69, 9.17) is 9.47 Å². The molecular weight excluding hydrogens is 370 g/mol. The second-order valence-electron chi connectivity index (χ2n) is 7.02. The van der Waals surface area contributed by atoms with E-state index in [1.807, 2.05) is 36.4 Å². The number of carboxylic acid groups (broad SMARTS) is 1. The lowest BCUT2D eigenvalue weighted by Crippen LogP contribution is -2.34. The van der Waals surface area contributed by atoms with E-state index < -0.39 is 17.9 Å². The standard InChI is InChI=1S/C23H21NO5/c1-28-20-8-7-16(11-21(20)29-2)19(12-22(25)26)24-13-17-9-14-5-3-4-6-15(14)10-18(17)23(24)27/h3-11,13,18-19H,12H2,1-2H3,(H,25,26). The van der Waals surface area contributed by atoms with Gasteiger partial charge in [0.1, 0.15) is 0 Å². The molecule has 29 heavy (non-hydrogen) atoms. The lowest BCUT2D eigenvalue weighted by atomic mass is 9.94. The lowest BCUT2D eigenvalue weighted by molar-refractivity contribution is -0.139. The van der Waals surface area contributed by atoms with E-state index in [2.05, 4.69) is 0 Å². The molecule has 148 valence electrons. The molecule has 0 radical (unpaired) electrons. The molecule has 6 heteroatoms.